The van der Waals surface area contributed by atoms with E-state index in [1.54, 1.807) is 0 Å². The summed E-state index contributed by atoms with van der Waals surface area (Å²) >= 11 is 0. The van der Waals surface area contributed by atoms with Crippen molar-refractivity contribution >= 4 is 43.7 Å². The van der Waals surface area contributed by atoms with Gasteiger partial charge in [0.1, 0.15) is 11.3 Å². The highest BCUT2D eigenvalue weighted by Crippen LogP contribution is 2.52. The Labute approximate surface area is 278 Å². The fourth-order valence-corrected chi connectivity index (χ4v) is 7.76. The standard InChI is InChI=1S/C45H31NO2/c1-45(2)37-23-22-35-34-13-7-9-15-41(34)47-43(35)44(37)48-42-25-19-31(27-38(42)45)30-18-24-40-36(26-30)33-12-6-8-14-39(33)46(40)32-20-16-29(17-21-32)28-10-4-3-5-11-28/h3-27H,1-2H3. The second-order valence-corrected chi connectivity index (χ2v) is 13.4. The van der Waals surface area contributed by atoms with E-state index in [2.05, 4.69) is 158 Å². The van der Waals surface area contributed by atoms with Crippen molar-refractivity contribution in [1.29, 1.82) is 0 Å². The van der Waals surface area contributed by atoms with Gasteiger partial charge in [0.05, 0.1) is 11.0 Å². The molecule has 0 saturated carbocycles. The second-order valence-electron chi connectivity index (χ2n) is 13.4. The molecular formula is C45H31NO2. The molecule has 0 N–H and O–H groups in total. The number of ether oxygens (including phenoxy) is 1. The summed E-state index contributed by atoms with van der Waals surface area (Å²) in [5.74, 6) is 1.70. The molecule has 0 atom stereocenters. The normalized spacial score (nSPS) is 13.5. The van der Waals surface area contributed by atoms with Crippen LogP contribution in [0.15, 0.2) is 156 Å². The average molecular weight is 618 g/mol. The van der Waals surface area contributed by atoms with E-state index in [1.165, 1.54) is 49.6 Å². The molecule has 1 aliphatic heterocycles. The van der Waals surface area contributed by atoms with Gasteiger partial charge in [0, 0.05) is 43.8 Å². The lowest BCUT2D eigenvalue weighted by atomic mass is 9.75. The zero-order chi connectivity index (χ0) is 32.0. The third-order valence-electron chi connectivity index (χ3n) is 10.3. The van der Waals surface area contributed by atoms with Crippen LogP contribution in [-0.4, -0.2) is 4.57 Å². The highest BCUT2D eigenvalue weighted by molar-refractivity contribution is 6.11. The molecule has 0 saturated heterocycles. The van der Waals surface area contributed by atoms with E-state index in [0.29, 0.717) is 0 Å². The molecule has 0 unspecified atom stereocenters. The Hall–Kier alpha value is -6.06. The van der Waals surface area contributed by atoms with E-state index < -0.39 is 0 Å². The molecule has 228 valence electrons. The highest BCUT2D eigenvalue weighted by atomic mass is 16.5. The van der Waals surface area contributed by atoms with Gasteiger partial charge in [0.2, 0.25) is 0 Å². The molecular weight excluding hydrogens is 587 g/mol. The Bertz CT molecular complexity index is 2710. The maximum Gasteiger partial charge on any atom is 0.178 e. The van der Waals surface area contributed by atoms with Gasteiger partial charge in [-0.05, 0) is 76.9 Å². The summed E-state index contributed by atoms with van der Waals surface area (Å²) in [6.07, 6.45) is 0. The molecule has 3 heterocycles. The van der Waals surface area contributed by atoms with Gasteiger partial charge >= 0.3 is 0 Å². The van der Waals surface area contributed by atoms with Crippen molar-refractivity contribution in [2.45, 2.75) is 19.3 Å². The third-order valence-corrected chi connectivity index (χ3v) is 10.3. The summed E-state index contributed by atoms with van der Waals surface area (Å²) in [5, 5.41) is 4.67. The Kier molecular flexibility index (Phi) is 5.63. The van der Waals surface area contributed by atoms with Gasteiger partial charge in [0.25, 0.3) is 0 Å². The summed E-state index contributed by atoms with van der Waals surface area (Å²) in [4.78, 5) is 0. The fourth-order valence-electron chi connectivity index (χ4n) is 7.76. The van der Waals surface area contributed by atoms with Crippen LogP contribution in [0.25, 0.3) is 71.7 Å². The Morgan fingerprint density at radius 3 is 2.00 bits per heavy atom. The Morgan fingerprint density at radius 1 is 0.479 bits per heavy atom. The molecule has 9 aromatic rings. The number of hydrogen-bond acceptors (Lipinski definition) is 2. The van der Waals surface area contributed by atoms with Crippen LogP contribution in [0.5, 0.6) is 11.5 Å². The van der Waals surface area contributed by atoms with E-state index in [-0.39, 0.29) is 5.41 Å². The lowest BCUT2D eigenvalue weighted by Crippen LogP contribution is -2.24. The zero-order valence-corrected chi connectivity index (χ0v) is 26.7. The number of hydrogen-bond donors (Lipinski definition) is 0. The number of nitrogens with zero attached hydrogens (tertiary/aromatic N) is 1. The van der Waals surface area contributed by atoms with Gasteiger partial charge in [-0.15, -0.1) is 0 Å². The fraction of sp³-hybridized carbons (Fsp3) is 0.0667. The summed E-state index contributed by atoms with van der Waals surface area (Å²) in [5.41, 5.74) is 12.1. The number of fused-ring (bicyclic) bond motifs is 9. The first-order valence-electron chi connectivity index (χ1n) is 16.5. The lowest BCUT2D eigenvalue weighted by molar-refractivity contribution is 0.415. The van der Waals surface area contributed by atoms with Crippen molar-refractivity contribution in [2.24, 2.45) is 0 Å². The zero-order valence-electron chi connectivity index (χ0n) is 26.7. The van der Waals surface area contributed by atoms with Crippen LogP contribution in [0.3, 0.4) is 0 Å². The number of para-hydroxylation sites is 2. The summed E-state index contributed by atoms with van der Waals surface area (Å²) < 4.78 is 15.4. The van der Waals surface area contributed by atoms with Crippen LogP contribution in [0.1, 0.15) is 25.0 Å². The number of aromatic nitrogens is 1. The number of rotatable bonds is 3. The van der Waals surface area contributed by atoms with Crippen molar-refractivity contribution < 1.29 is 9.15 Å². The molecule has 10 rings (SSSR count). The first kappa shape index (κ1) is 27.1. The molecule has 0 bridgehead atoms. The first-order chi connectivity index (χ1) is 23.5. The van der Waals surface area contributed by atoms with Crippen molar-refractivity contribution in [1.82, 2.24) is 4.57 Å². The smallest absolute Gasteiger partial charge is 0.178 e. The summed E-state index contributed by atoms with van der Waals surface area (Å²) in [6.45, 7) is 4.57. The van der Waals surface area contributed by atoms with Gasteiger partial charge in [-0.2, -0.15) is 0 Å². The molecule has 0 aliphatic carbocycles. The van der Waals surface area contributed by atoms with Crippen molar-refractivity contribution in [3.05, 3.63) is 163 Å². The maximum atomic E-state index is 6.67. The highest BCUT2D eigenvalue weighted by Gasteiger charge is 2.36. The predicted octanol–water partition coefficient (Wildman–Crippen LogP) is 12.4. The van der Waals surface area contributed by atoms with E-state index in [9.17, 15) is 0 Å². The quantitative estimate of drug-likeness (QED) is 0.197. The molecule has 7 aromatic carbocycles. The lowest BCUT2D eigenvalue weighted by Gasteiger charge is -2.34. The molecule has 0 radical (unpaired) electrons. The second kappa shape index (κ2) is 9.97. The van der Waals surface area contributed by atoms with Crippen LogP contribution in [0.2, 0.25) is 0 Å². The number of benzene rings is 7. The topological polar surface area (TPSA) is 27.3 Å². The van der Waals surface area contributed by atoms with Crippen molar-refractivity contribution in [3.63, 3.8) is 0 Å². The SMILES string of the molecule is CC1(C)c2cc(-c3ccc4c(c3)c3ccccc3n4-c3ccc(-c4ccccc4)cc3)ccc2Oc2c1ccc1c2oc2ccccc21. The number of furan rings is 1. The van der Waals surface area contributed by atoms with Gasteiger partial charge in [-0.25, -0.2) is 0 Å². The van der Waals surface area contributed by atoms with Crippen molar-refractivity contribution in [3.8, 4) is 39.4 Å². The maximum absolute atomic E-state index is 6.67. The molecule has 48 heavy (non-hydrogen) atoms. The van der Waals surface area contributed by atoms with E-state index in [4.69, 9.17) is 9.15 Å². The Balaban J connectivity index is 1.07. The van der Waals surface area contributed by atoms with Crippen LogP contribution >= 0.6 is 0 Å². The first-order valence-corrected chi connectivity index (χ1v) is 16.5. The van der Waals surface area contributed by atoms with E-state index in [1.807, 2.05) is 12.1 Å². The minimum Gasteiger partial charge on any atom is -0.453 e. The average Bonchev–Trinajstić information content (AvgIpc) is 3.68. The molecule has 1 aliphatic rings. The van der Waals surface area contributed by atoms with Gasteiger partial charge in [-0.1, -0.05) is 111 Å². The minimum atomic E-state index is -0.280. The van der Waals surface area contributed by atoms with Gasteiger partial charge in [0.15, 0.2) is 11.3 Å². The molecule has 0 spiro atoms. The molecule has 2 aromatic heterocycles. The molecule has 0 fully saturated rings. The van der Waals surface area contributed by atoms with Crippen LogP contribution in [-0.2, 0) is 5.41 Å². The molecule has 3 heteroatoms. The third kappa shape index (κ3) is 3.88. The van der Waals surface area contributed by atoms with Gasteiger partial charge in [-0.3, -0.25) is 0 Å². The molecule has 3 nitrogen and oxygen atoms in total. The van der Waals surface area contributed by atoms with Crippen LogP contribution in [0.4, 0.5) is 0 Å². The molecule has 0 amide bonds. The van der Waals surface area contributed by atoms with Crippen LogP contribution in [0, 0.1) is 0 Å². The van der Waals surface area contributed by atoms with E-state index >= 15 is 0 Å². The largest absolute Gasteiger partial charge is 0.453 e. The minimum absolute atomic E-state index is 0.280. The van der Waals surface area contributed by atoms with Gasteiger partial charge < -0.3 is 13.7 Å². The summed E-state index contributed by atoms with van der Waals surface area (Å²) in [7, 11) is 0. The van der Waals surface area contributed by atoms with E-state index in [0.717, 1.165) is 44.7 Å². The van der Waals surface area contributed by atoms with Crippen LogP contribution < -0.4 is 4.74 Å². The Morgan fingerprint density at radius 2 is 1.15 bits per heavy atom. The van der Waals surface area contributed by atoms with Crippen molar-refractivity contribution in [2.75, 3.05) is 0 Å². The predicted molar refractivity (Wildman–Crippen MR) is 198 cm³/mol. The monoisotopic (exact) mass is 617 g/mol. The summed E-state index contributed by atoms with van der Waals surface area (Å²) in [6, 6.07) is 54.2.